The highest BCUT2D eigenvalue weighted by atomic mass is 32.2. The zero-order valence-corrected chi connectivity index (χ0v) is 26.8. The van der Waals surface area contributed by atoms with Crippen LogP contribution in [0.1, 0.15) is 75.3 Å². The second-order valence-electron chi connectivity index (χ2n) is 12.7. The minimum absolute atomic E-state index is 0.238. The lowest BCUT2D eigenvalue weighted by atomic mass is 10.0. The fourth-order valence-electron chi connectivity index (χ4n) is 6.40. The molecule has 46 heavy (non-hydrogen) atoms. The van der Waals surface area contributed by atoms with Gasteiger partial charge < -0.3 is 15.5 Å². The molecule has 3 amide bonds. The number of fused-ring (bicyclic) bond motifs is 2. The Labute approximate surface area is 270 Å². The number of sulfonamides is 1. The van der Waals surface area contributed by atoms with Gasteiger partial charge in [0.1, 0.15) is 17.1 Å². The Bertz CT molecular complexity index is 1530. The summed E-state index contributed by atoms with van der Waals surface area (Å²) in [5.74, 6) is -1.79. The summed E-state index contributed by atoms with van der Waals surface area (Å²) in [7, 11) is -3.81. The van der Waals surface area contributed by atoms with Crippen molar-refractivity contribution in [2.45, 2.75) is 98.8 Å². The Hall–Kier alpha value is -3.04. The predicted octanol–water partition coefficient (Wildman–Crippen LogP) is 3.58. The maximum atomic E-state index is 14.0. The maximum Gasteiger partial charge on any atom is 0.416 e. The first-order chi connectivity index (χ1) is 21.9. The van der Waals surface area contributed by atoms with Crippen molar-refractivity contribution in [2.24, 2.45) is 5.92 Å². The number of rotatable bonds is 6. The average Bonchev–Trinajstić information content (AvgIpc) is 3.87. The van der Waals surface area contributed by atoms with Crippen molar-refractivity contribution >= 4 is 45.2 Å². The first-order valence-electron chi connectivity index (χ1n) is 15.8. The van der Waals surface area contributed by atoms with E-state index in [0.29, 0.717) is 49.9 Å². The quantitative estimate of drug-likeness (QED) is 0.335. The SMILES string of the molecule is O=C1N[C@]2(C(=O)NS(=O)(=O)C3CC3)C[C@H]2/C=C\CCCCC[C@H](NC2NC(c3ccc(C(F)(F)F)cc3)=CS2)C(=O)N2CCC[C@@H]12. The molecule has 3 heterocycles. The molecular formula is C31H38F3N5O5S2. The third-order valence-corrected chi connectivity index (χ3v) is 12.0. The van der Waals surface area contributed by atoms with Gasteiger partial charge in [-0.25, -0.2) is 8.42 Å². The summed E-state index contributed by atoms with van der Waals surface area (Å²) in [6, 6.07) is 3.44. The second-order valence-corrected chi connectivity index (χ2v) is 15.6. The molecule has 3 aliphatic heterocycles. The molecule has 0 bridgehead atoms. The van der Waals surface area contributed by atoms with Gasteiger partial charge in [0, 0.05) is 18.2 Å². The van der Waals surface area contributed by atoms with Crippen LogP contribution in [0.25, 0.3) is 5.70 Å². The number of hydrogen-bond donors (Lipinski definition) is 4. The summed E-state index contributed by atoms with van der Waals surface area (Å²) in [6.07, 6.45) is 5.46. The van der Waals surface area contributed by atoms with Crippen LogP contribution in [-0.4, -0.2) is 66.0 Å². The molecule has 5 atom stereocenters. The van der Waals surface area contributed by atoms with E-state index in [1.54, 1.807) is 10.3 Å². The molecule has 3 fully saturated rings. The van der Waals surface area contributed by atoms with Crippen molar-refractivity contribution in [1.82, 2.24) is 25.6 Å². The third kappa shape index (κ3) is 7.10. The van der Waals surface area contributed by atoms with Crippen LogP contribution >= 0.6 is 11.8 Å². The third-order valence-electron chi connectivity index (χ3n) is 9.32. The van der Waals surface area contributed by atoms with E-state index in [-0.39, 0.29) is 18.2 Å². The highest BCUT2D eigenvalue weighted by Crippen LogP contribution is 2.46. The number of thioether (sulfide) groups is 1. The molecule has 1 saturated heterocycles. The second kappa shape index (κ2) is 12.9. The lowest BCUT2D eigenvalue weighted by Gasteiger charge is -2.31. The van der Waals surface area contributed by atoms with Gasteiger partial charge in [-0.2, -0.15) is 13.2 Å². The largest absolute Gasteiger partial charge is 0.416 e. The van der Waals surface area contributed by atoms with Crippen LogP contribution in [-0.2, 0) is 30.6 Å². The molecule has 1 aromatic rings. The summed E-state index contributed by atoms with van der Waals surface area (Å²) in [5, 5.41) is 10.7. The lowest BCUT2D eigenvalue weighted by Crippen LogP contribution is -2.58. The van der Waals surface area contributed by atoms with Crippen LogP contribution in [0.2, 0.25) is 0 Å². The molecule has 4 N–H and O–H groups in total. The molecule has 2 aliphatic carbocycles. The van der Waals surface area contributed by atoms with Crippen LogP contribution in [0.15, 0.2) is 41.8 Å². The lowest BCUT2D eigenvalue weighted by molar-refractivity contribution is -0.141. The molecule has 0 aromatic heterocycles. The van der Waals surface area contributed by atoms with Crippen molar-refractivity contribution in [3.05, 3.63) is 53.0 Å². The van der Waals surface area contributed by atoms with E-state index < -0.39 is 61.9 Å². The number of benzene rings is 1. The van der Waals surface area contributed by atoms with Gasteiger partial charge in [0.2, 0.25) is 21.8 Å². The van der Waals surface area contributed by atoms with Gasteiger partial charge in [0.05, 0.1) is 16.9 Å². The topological polar surface area (TPSA) is 137 Å². The van der Waals surface area contributed by atoms with Gasteiger partial charge in [-0.15, -0.1) is 0 Å². The summed E-state index contributed by atoms with van der Waals surface area (Å²) >= 11 is 1.37. The number of carbonyl (C=O) groups is 3. The zero-order valence-electron chi connectivity index (χ0n) is 25.1. The Balaban J connectivity index is 1.15. The number of nitrogens with zero attached hydrogens (tertiary/aromatic N) is 1. The van der Waals surface area contributed by atoms with E-state index in [1.165, 1.54) is 23.9 Å². The molecular weight excluding hydrogens is 643 g/mol. The number of alkyl halides is 3. The molecule has 0 spiro atoms. The predicted molar refractivity (Wildman–Crippen MR) is 167 cm³/mol. The summed E-state index contributed by atoms with van der Waals surface area (Å²) in [5.41, 5.74) is -1.31. The molecule has 2 saturated carbocycles. The Morgan fingerprint density at radius 3 is 2.50 bits per heavy atom. The van der Waals surface area contributed by atoms with Crippen LogP contribution in [0, 0.1) is 5.92 Å². The highest BCUT2D eigenvalue weighted by molar-refractivity contribution is 8.03. The van der Waals surface area contributed by atoms with Gasteiger partial charge >= 0.3 is 6.18 Å². The molecule has 0 radical (unpaired) electrons. The number of nitrogens with one attached hydrogen (secondary N) is 4. The molecule has 6 rings (SSSR count). The monoisotopic (exact) mass is 681 g/mol. The first kappa shape index (κ1) is 32.9. The van der Waals surface area contributed by atoms with Gasteiger partial charge in [0.25, 0.3) is 5.91 Å². The molecule has 1 unspecified atom stereocenters. The van der Waals surface area contributed by atoms with Crippen molar-refractivity contribution in [3.63, 3.8) is 0 Å². The Kier molecular flexibility index (Phi) is 9.20. The van der Waals surface area contributed by atoms with Gasteiger partial charge in [-0.3, -0.25) is 24.4 Å². The molecule has 10 nitrogen and oxygen atoms in total. The fraction of sp³-hybridized carbons (Fsp3) is 0.581. The normalized spacial score (nSPS) is 31.4. The van der Waals surface area contributed by atoms with Crippen molar-refractivity contribution in [1.29, 1.82) is 0 Å². The number of hydrogen-bond acceptors (Lipinski definition) is 8. The van der Waals surface area contributed by atoms with Gasteiger partial charge in [0.15, 0.2) is 0 Å². The van der Waals surface area contributed by atoms with Crippen molar-refractivity contribution in [2.75, 3.05) is 6.54 Å². The molecule has 5 aliphatic rings. The smallest absolute Gasteiger partial charge is 0.360 e. The molecule has 250 valence electrons. The van der Waals surface area contributed by atoms with Crippen LogP contribution in [0.3, 0.4) is 0 Å². The van der Waals surface area contributed by atoms with E-state index in [4.69, 9.17) is 0 Å². The zero-order chi connectivity index (χ0) is 32.7. The first-order valence-corrected chi connectivity index (χ1v) is 18.3. The highest BCUT2D eigenvalue weighted by Gasteiger charge is 2.61. The van der Waals surface area contributed by atoms with Crippen LogP contribution < -0.4 is 20.7 Å². The minimum Gasteiger partial charge on any atom is -0.360 e. The van der Waals surface area contributed by atoms with Crippen LogP contribution in [0.5, 0.6) is 0 Å². The number of amides is 3. The Morgan fingerprint density at radius 1 is 1.02 bits per heavy atom. The number of carbonyl (C=O) groups excluding carboxylic acids is 3. The van der Waals surface area contributed by atoms with Gasteiger partial charge in [-0.05, 0) is 74.5 Å². The van der Waals surface area contributed by atoms with Crippen LogP contribution in [0.4, 0.5) is 13.2 Å². The number of allylic oxidation sites excluding steroid dienone is 1. The molecule has 1 aromatic carbocycles. The Morgan fingerprint density at radius 2 is 1.78 bits per heavy atom. The van der Waals surface area contributed by atoms with E-state index in [9.17, 15) is 36.0 Å². The average molecular weight is 682 g/mol. The summed E-state index contributed by atoms with van der Waals surface area (Å²) < 4.78 is 66.4. The number of halogens is 3. The van der Waals surface area contributed by atoms with E-state index in [1.807, 2.05) is 12.2 Å². The summed E-state index contributed by atoms with van der Waals surface area (Å²) in [6.45, 7) is 0.369. The standard InChI is InChI=1S/C31H38F3N5O5S2/c32-31(33,34)20-12-10-19(11-13-20)24-18-45-29(36-24)35-23-8-5-3-1-2-4-7-21-17-30(21,28(42)38-46(43,44)22-14-15-22)37-26(40)25-9-6-16-39(25)27(23)41/h4,7,10-13,18,21-23,25,29,35-36H,1-3,5-6,8-9,14-17H2,(H,37,40)(H,38,42)/b7-4-/t21-,23+,25+,29?,30-/m1/s1. The van der Waals surface area contributed by atoms with E-state index in [2.05, 4.69) is 20.7 Å². The summed E-state index contributed by atoms with van der Waals surface area (Å²) in [4.78, 5) is 42.6. The van der Waals surface area contributed by atoms with Crippen molar-refractivity contribution < 1.29 is 36.0 Å². The molecule has 15 heteroatoms. The maximum absolute atomic E-state index is 14.0. The van der Waals surface area contributed by atoms with E-state index in [0.717, 1.165) is 37.8 Å². The van der Waals surface area contributed by atoms with E-state index >= 15 is 0 Å². The minimum atomic E-state index is -4.43. The van der Waals surface area contributed by atoms with Crippen molar-refractivity contribution in [3.8, 4) is 0 Å². The van der Waals surface area contributed by atoms with Gasteiger partial charge in [-0.1, -0.05) is 48.9 Å². The fourth-order valence-corrected chi connectivity index (χ4v) is 8.67.